The third-order valence-corrected chi connectivity index (χ3v) is 2.02. The highest BCUT2D eigenvalue weighted by molar-refractivity contribution is 5.50. The minimum absolute atomic E-state index is 0.485. The number of anilines is 1. The molecule has 5 heteroatoms. The van der Waals surface area contributed by atoms with Gasteiger partial charge in [0.25, 0.3) is 0 Å². The molecule has 0 atom stereocenters. The molecule has 5 nitrogen and oxygen atoms in total. The van der Waals surface area contributed by atoms with Crippen LogP contribution in [0.3, 0.4) is 0 Å². The molecule has 2 heterocycles. The molecule has 0 aromatic carbocycles. The fourth-order valence-electron chi connectivity index (χ4n) is 1.24. The second-order valence-corrected chi connectivity index (χ2v) is 3.12. The summed E-state index contributed by atoms with van der Waals surface area (Å²) in [6.45, 7) is 0.571. The van der Waals surface area contributed by atoms with Gasteiger partial charge in [0.15, 0.2) is 5.82 Å². The van der Waals surface area contributed by atoms with Gasteiger partial charge in [-0.25, -0.2) is 0 Å². The number of hydrogen-bond acceptors (Lipinski definition) is 5. The smallest absolute Gasteiger partial charge is 0.166 e. The van der Waals surface area contributed by atoms with Crippen LogP contribution in [0.1, 0.15) is 11.1 Å². The Kier molecular flexibility index (Phi) is 3.04. The quantitative estimate of drug-likeness (QED) is 0.829. The molecule has 0 radical (unpaired) electrons. The summed E-state index contributed by atoms with van der Waals surface area (Å²) in [5, 5.41) is 19.5. The lowest BCUT2D eigenvalue weighted by Crippen LogP contribution is -2.04. The van der Waals surface area contributed by atoms with Crippen molar-refractivity contribution in [3.63, 3.8) is 0 Å². The van der Waals surface area contributed by atoms with E-state index in [-0.39, 0.29) is 0 Å². The Morgan fingerprint density at radius 2 is 2.25 bits per heavy atom. The Morgan fingerprint density at radius 1 is 1.31 bits per heavy atom. The summed E-state index contributed by atoms with van der Waals surface area (Å²) in [7, 11) is 0. The lowest BCUT2D eigenvalue weighted by atomic mass is 10.2. The molecule has 1 N–H and O–H groups in total. The topological polar surface area (TPSA) is 74.5 Å². The van der Waals surface area contributed by atoms with Crippen LogP contribution >= 0.6 is 0 Å². The van der Waals surface area contributed by atoms with Crippen molar-refractivity contribution in [2.24, 2.45) is 0 Å². The summed E-state index contributed by atoms with van der Waals surface area (Å²) >= 11 is 0. The van der Waals surface area contributed by atoms with Gasteiger partial charge < -0.3 is 5.32 Å². The van der Waals surface area contributed by atoms with E-state index in [1.54, 1.807) is 18.5 Å². The number of nitrogens with one attached hydrogen (secondary N) is 1. The van der Waals surface area contributed by atoms with Gasteiger partial charge in [0.05, 0.1) is 11.8 Å². The summed E-state index contributed by atoms with van der Waals surface area (Å²) in [4.78, 5) is 4.00. The van der Waals surface area contributed by atoms with E-state index < -0.39 is 0 Å². The van der Waals surface area contributed by atoms with Crippen LogP contribution < -0.4 is 5.32 Å². The van der Waals surface area contributed by atoms with Crippen molar-refractivity contribution >= 4 is 5.82 Å². The molecule has 0 amide bonds. The van der Waals surface area contributed by atoms with Crippen LogP contribution in [0, 0.1) is 11.3 Å². The largest absolute Gasteiger partial charge is 0.363 e. The maximum Gasteiger partial charge on any atom is 0.166 e. The number of hydrogen-bond donors (Lipinski definition) is 1. The maximum atomic E-state index is 8.85. The molecule has 0 saturated carbocycles. The summed E-state index contributed by atoms with van der Waals surface area (Å²) in [6, 6.07) is 7.48. The molecule has 0 unspecified atom stereocenters. The van der Waals surface area contributed by atoms with Gasteiger partial charge >= 0.3 is 0 Å². The summed E-state index contributed by atoms with van der Waals surface area (Å²) in [5.41, 5.74) is 1.51. The van der Waals surface area contributed by atoms with Crippen molar-refractivity contribution in [1.82, 2.24) is 15.2 Å². The Morgan fingerprint density at radius 3 is 3.00 bits per heavy atom. The average molecular weight is 211 g/mol. The van der Waals surface area contributed by atoms with Crippen LogP contribution in [0.4, 0.5) is 5.82 Å². The minimum Gasteiger partial charge on any atom is -0.363 e. The molecule has 0 saturated heterocycles. The van der Waals surface area contributed by atoms with Crippen molar-refractivity contribution in [3.05, 3.63) is 47.9 Å². The van der Waals surface area contributed by atoms with Crippen molar-refractivity contribution in [1.29, 1.82) is 5.26 Å². The third-order valence-electron chi connectivity index (χ3n) is 2.02. The number of nitrogens with zero attached hydrogens (tertiary/aromatic N) is 4. The zero-order chi connectivity index (χ0) is 11.2. The fourth-order valence-corrected chi connectivity index (χ4v) is 1.24. The highest BCUT2D eigenvalue weighted by Crippen LogP contribution is 2.09. The molecule has 0 spiro atoms. The van der Waals surface area contributed by atoms with Crippen molar-refractivity contribution in [3.8, 4) is 6.07 Å². The highest BCUT2D eigenvalue weighted by Gasteiger charge is 2.02. The van der Waals surface area contributed by atoms with E-state index in [2.05, 4.69) is 26.6 Å². The Hall–Kier alpha value is -2.48. The first-order valence-electron chi connectivity index (χ1n) is 4.74. The molecule has 0 aliphatic rings. The second kappa shape index (κ2) is 4.84. The Labute approximate surface area is 92.8 Å². The van der Waals surface area contributed by atoms with Gasteiger partial charge in [-0.3, -0.25) is 4.98 Å². The van der Waals surface area contributed by atoms with E-state index in [4.69, 9.17) is 5.26 Å². The fraction of sp³-hybridized carbons (Fsp3) is 0.0909. The third kappa shape index (κ3) is 2.30. The number of pyridine rings is 1. The standard InChI is InChI=1S/C11H9N5/c12-6-10-3-5-15-16-11(10)14-8-9-2-1-4-13-7-9/h1-5,7H,8H2,(H,14,16). The molecular weight excluding hydrogens is 202 g/mol. The van der Waals surface area contributed by atoms with Crippen LogP contribution in [-0.2, 0) is 6.54 Å². The molecule has 2 aromatic heterocycles. The van der Waals surface area contributed by atoms with E-state index >= 15 is 0 Å². The Bertz CT molecular complexity index is 503. The monoisotopic (exact) mass is 211 g/mol. The van der Waals surface area contributed by atoms with E-state index in [0.29, 0.717) is 17.9 Å². The zero-order valence-electron chi connectivity index (χ0n) is 8.46. The molecular formula is C11H9N5. The molecule has 0 bridgehead atoms. The molecule has 16 heavy (non-hydrogen) atoms. The van der Waals surface area contributed by atoms with Gasteiger partial charge in [0.2, 0.25) is 0 Å². The van der Waals surface area contributed by atoms with Gasteiger partial charge in [-0.1, -0.05) is 6.07 Å². The molecule has 78 valence electrons. The van der Waals surface area contributed by atoms with Crippen LogP contribution in [-0.4, -0.2) is 15.2 Å². The van der Waals surface area contributed by atoms with Crippen molar-refractivity contribution in [2.75, 3.05) is 5.32 Å². The lowest BCUT2D eigenvalue weighted by molar-refractivity contribution is 0.990. The van der Waals surface area contributed by atoms with E-state index in [9.17, 15) is 0 Å². The first-order valence-corrected chi connectivity index (χ1v) is 4.74. The summed E-state index contributed by atoms with van der Waals surface area (Å²) in [5.74, 6) is 0.494. The normalized spacial score (nSPS) is 9.44. The number of nitriles is 1. The first kappa shape index (κ1) is 10.1. The lowest BCUT2D eigenvalue weighted by Gasteiger charge is -2.05. The SMILES string of the molecule is N#Cc1ccnnc1NCc1cccnc1. The zero-order valence-corrected chi connectivity index (χ0v) is 8.46. The van der Waals surface area contributed by atoms with Gasteiger partial charge in [-0.15, -0.1) is 5.10 Å². The van der Waals surface area contributed by atoms with E-state index in [0.717, 1.165) is 5.56 Å². The Balaban J connectivity index is 2.09. The molecule has 2 aromatic rings. The summed E-state index contributed by atoms with van der Waals surface area (Å²) < 4.78 is 0. The minimum atomic E-state index is 0.485. The van der Waals surface area contributed by atoms with Gasteiger partial charge in [-0.05, 0) is 17.7 Å². The van der Waals surface area contributed by atoms with Crippen LogP contribution in [0.15, 0.2) is 36.8 Å². The van der Waals surface area contributed by atoms with Crippen LogP contribution in [0.2, 0.25) is 0 Å². The van der Waals surface area contributed by atoms with Crippen LogP contribution in [0.5, 0.6) is 0 Å². The van der Waals surface area contributed by atoms with E-state index in [1.807, 2.05) is 12.1 Å². The first-order chi connectivity index (χ1) is 7.90. The predicted molar refractivity (Wildman–Crippen MR) is 58.3 cm³/mol. The maximum absolute atomic E-state index is 8.85. The number of aromatic nitrogens is 3. The van der Waals surface area contributed by atoms with Gasteiger partial charge in [0.1, 0.15) is 6.07 Å². The predicted octanol–water partition coefficient (Wildman–Crippen LogP) is 1.36. The molecule has 0 aliphatic carbocycles. The van der Waals surface area contributed by atoms with Gasteiger partial charge in [-0.2, -0.15) is 10.4 Å². The number of rotatable bonds is 3. The van der Waals surface area contributed by atoms with Gasteiger partial charge in [0, 0.05) is 18.9 Å². The van der Waals surface area contributed by atoms with Crippen molar-refractivity contribution < 1.29 is 0 Å². The van der Waals surface area contributed by atoms with Crippen molar-refractivity contribution in [2.45, 2.75) is 6.54 Å². The van der Waals surface area contributed by atoms with Crippen LogP contribution in [0.25, 0.3) is 0 Å². The molecule has 2 rings (SSSR count). The second-order valence-electron chi connectivity index (χ2n) is 3.12. The van der Waals surface area contributed by atoms with E-state index in [1.165, 1.54) is 6.20 Å². The molecule has 0 aliphatic heterocycles. The summed E-state index contributed by atoms with van der Waals surface area (Å²) in [6.07, 6.45) is 4.97. The average Bonchev–Trinajstić information content (AvgIpc) is 2.38. The highest BCUT2D eigenvalue weighted by atomic mass is 15.2. The molecule has 0 fully saturated rings.